The molecule has 0 saturated heterocycles. The molecule has 0 spiro atoms. The first-order valence-corrected chi connectivity index (χ1v) is 8.99. The summed E-state index contributed by atoms with van der Waals surface area (Å²) in [5, 5.41) is 4.97. The van der Waals surface area contributed by atoms with Gasteiger partial charge in [-0.15, -0.1) is 0 Å². The average molecular weight is 383 g/mol. The number of fused-ring (bicyclic) bond motifs is 1. The standard InChI is InChI=1S/C20H19ClN4O2/c1-23(14-25-18-8-7-17(21)9-19(18)27-20(25)26)11-16-10-22-24(13-16)12-15-5-3-2-4-6-15/h2-10,13H,11-12,14H2,1H3. The van der Waals surface area contributed by atoms with Crippen LogP contribution in [0.3, 0.4) is 0 Å². The Kier molecular flexibility index (Phi) is 4.83. The van der Waals surface area contributed by atoms with E-state index < -0.39 is 0 Å². The molecule has 0 fully saturated rings. The number of hydrogen-bond donors (Lipinski definition) is 0. The van der Waals surface area contributed by atoms with Gasteiger partial charge in [0, 0.05) is 29.4 Å². The fourth-order valence-electron chi connectivity index (χ4n) is 3.12. The molecule has 2 heterocycles. The molecule has 2 aromatic heterocycles. The number of benzene rings is 2. The van der Waals surface area contributed by atoms with E-state index in [0.717, 1.165) is 17.6 Å². The van der Waals surface area contributed by atoms with Crippen molar-refractivity contribution in [3.8, 4) is 0 Å². The van der Waals surface area contributed by atoms with Crippen LogP contribution in [0.25, 0.3) is 11.1 Å². The highest BCUT2D eigenvalue weighted by atomic mass is 35.5. The molecular formula is C20H19ClN4O2. The highest BCUT2D eigenvalue weighted by molar-refractivity contribution is 6.31. The van der Waals surface area contributed by atoms with Gasteiger partial charge in [0.15, 0.2) is 5.58 Å². The summed E-state index contributed by atoms with van der Waals surface area (Å²) < 4.78 is 8.80. The Labute approximate surface area is 161 Å². The fourth-order valence-corrected chi connectivity index (χ4v) is 3.28. The lowest BCUT2D eigenvalue weighted by Gasteiger charge is -2.15. The SMILES string of the molecule is CN(Cc1cnn(Cc2ccccc2)c1)Cn1c(=O)oc2cc(Cl)ccc21. The molecule has 0 aliphatic heterocycles. The van der Waals surface area contributed by atoms with E-state index in [1.54, 1.807) is 22.8 Å². The predicted octanol–water partition coefficient (Wildman–Crippen LogP) is 3.58. The van der Waals surface area contributed by atoms with E-state index in [1.807, 2.05) is 47.2 Å². The lowest BCUT2D eigenvalue weighted by atomic mass is 10.2. The molecule has 7 heteroatoms. The molecule has 0 N–H and O–H groups in total. The van der Waals surface area contributed by atoms with Crippen LogP contribution >= 0.6 is 11.6 Å². The van der Waals surface area contributed by atoms with Gasteiger partial charge in [0.25, 0.3) is 0 Å². The minimum Gasteiger partial charge on any atom is -0.408 e. The van der Waals surface area contributed by atoms with Gasteiger partial charge in [-0.2, -0.15) is 5.10 Å². The van der Waals surface area contributed by atoms with E-state index in [2.05, 4.69) is 17.2 Å². The molecule has 4 rings (SSSR count). The summed E-state index contributed by atoms with van der Waals surface area (Å²) in [5.74, 6) is -0.390. The van der Waals surface area contributed by atoms with Crippen molar-refractivity contribution in [1.82, 2.24) is 19.2 Å². The first-order chi connectivity index (χ1) is 13.1. The summed E-state index contributed by atoms with van der Waals surface area (Å²) in [6.45, 7) is 1.82. The molecule has 0 unspecified atom stereocenters. The van der Waals surface area contributed by atoms with Gasteiger partial charge in [-0.25, -0.2) is 4.79 Å². The monoisotopic (exact) mass is 382 g/mol. The number of nitrogens with zero attached hydrogens (tertiary/aromatic N) is 4. The zero-order valence-corrected chi connectivity index (χ0v) is 15.6. The van der Waals surface area contributed by atoms with Crippen LogP contribution in [0, 0.1) is 0 Å². The largest absolute Gasteiger partial charge is 0.421 e. The van der Waals surface area contributed by atoms with E-state index in [-0.39, 0.29) is 5.76 Å². The van der Waals surface area contributed by atoms with E-state index in [1.165, 1.54) is 5.56 Å². The van der Waals surface area contributed by atoms with Crippen LogP contribution < -0.4 is 5.76 Å². The fraction of sp³-hybridized carbons (Fsp3) is 0.200. The molecule has 2 aromatic carbocycles. The Morgan fingerprint density at radius 2 is 1.96 bits per heavy atom. The third-order valence-corrected chi connectivity index (χ3v) is 4.57. The maximum Gasteiger partial charge on any atom is 0.421 e. The van der Waals surface area contributed by atoms with E-state index >= 15 is 0 Å². The van der Waals surface area contributed by atoms with Gasteiger partial charge >= 0.3 is 5.76 Å². The Hall–Kier alpha value is -2.83. The number of hydrogen-bond acceptors (Lipinski definition) is 4. The Balaban J connectivity index is 1.45. The van der Waals surface area contributed by atoms with Gasteiger partial charge in [-0.3, -0.25) is 14.1 Å². The molecule has 0 aliphatic rings. The van der Waals surface area contributed by atoms with Gasteiger partial charge in [0.1, 0.15) is 0 Å². The van der Waals surface area contributed by atoms with Crippen LogP contribution in [-0.4, -0.2) is 26.3 Å². The van der Waals surface area contributed by atoms with Crippen LogP contribution in [0.1, 0.15) is 11.1 Å². The molecule has 0 saturated carbocycles. The number of oxazole rings is 1. The summed E-state index contributed by atoms with van der Waals surface area (Å²) in [4.78, 5) is 14.2. The van der Waals surface area contributed by atoms with Gasteiger partial charge < -0.3 is 4.42 Å². The summed E-state index contributed by atoms with van der Waals surface area (Å²) in [5.41, 5.74) is 3.51. The van der Waals surface area contributed by atoms with Gasteiger partial charge in [-0.1, -0.05) is 41.9 Å². The lowest BCUT2D eigenvalue weighted by Crippen LogP contribution is -2.27. The Bertz CT molecular complexity index is 1110. The van der Waals surface area contributed by atoms with E-state index in [9.17, 15) is 4.79 Å². The zero-order valence-electron chi connectivity index (χ0n) is 14.9. The van der Waals surface area contributed by atoms with E-state index in [0.29, 0.717) is 23.8 Å². The van der Waals surface area contributed by atoms with Crippen LogP contribution in [0.4, 0.5) is 0 Å². The third kappa shape index (κ3) is 3.97. The topological polar surface area (TPSA) is 56.2 Å². The molecule has 4 aromatic rings. The first kappa shape index (κ1) is 17.6. The van der Waals surface area contributed by atoms with Crippen molar-refractivity contribution in [3.05, 3.63) is 87.6 Å². The summed E-state index contributed by atoms with van der Waals surface area (Å²) in [6, 6.07) is 15.4. The van der Waals surface area contributed by atoms with Crippen molar-refractivity contribution in [2.75, 3.05) is 7.05 Å². The quantitative estimate of drug-likeness (QED) is 0.511. The minimum absolute atomic E-state index is 0.390. The van der Waals surface area contributed by atoms with Crippen molar-refractivity contribution in [2.45, 2.75) is 19.8 Å². The molecule has 0 radical (unpaired) electrons. The van der Waals surface area contributed by atoms with Crippen LogP contribution in [0.5, 0.6) is 0 Å². The molecule has 0 amide bonds. The second-order valence-corrected chi connectivity index (χ2v) is 7.03. The van der Waals surface area contributed by atoms with Crippen molar-refractivity contribution in [2.24, 2.45) is 0 Å². The molecule has 0 bridgehead atoms. The lowest BCUT2D eigenvalue weighted by molar-refractivity contribution is 0.253. The number of halogens is 1. The molecule has 0 aliphatic carbocycles. The summed E-state index contributed by atoms with van der Waals surface area (Å²) in [7, 11) is 1.95. The molecule has 6 nitrogen and oxygen atoms in total. The van der Waals surface area contributed by atoms with Crippen molar-refractivity contribution < 1.29 is 4.42 Å². The smallest absolute Gasteiger partial charge is 0.408 e. The second kappa shape index (κ2) is 7.42. The van der Waals surface area contributed by atoms with Gasteiger partial charge in [0.05, 0.1) is 24.9 Å². The molecule has 27 heavy (non-hydrogen) atoms. The second-order valence-electron chi connectivity index (χ2n) is 6.60. The highest BCUT2D eigenvalue weighted by Gasteiger charge is 2.12. The maximum atomic E-state index is 12.2. The van der Waals surface area contributed by atoms with Crippen molar-refractivity contribution >= 4 is 22.7 Å². The first-order valence-electron chi connectivity index (χ1n) is 8.61. The molecular weight excluding hydrogens is 364 g/mol. The maximum absolute atomic E-state index is 12.2. The summed E-state index contributed by atoms with van der Waals surface area (Å²) >= 11 is 5.96. The van der Waals surface area contributed by atoms with Crippen LogP contribution in [0.2, 0.25) is 5.02 Å². The highest BCUT2D eigenvalue weighted by Crippen LogP contribution is 2.18. The van der Waals surface area contributed by atoms with Crippen LogP contribution in [0.15, 0.2) is 70.1 Å². The van der Waals surface area contributed by atoms with E-state index in [4.69, 9.17) is 16.0 Å². The predicted molar refractivity (Wildman–Crippen MR) is 105 cm³/mol. The summed E-state index contributed by atoms with van der Waals surface area (Å²) in [6.07, 6.45) is 3.88. The number of aromatic nitrogens is 3. The Morgan fingerprint density at radius 1 is 1.15 bits per heavy atom. The van der Waals surface area contributed by atoms with Crippen LogP contribution in [-0.2, 0) is 19.8 Å². The van der Waals surface area contributed by atoms with Crippen molar-refractivity contribution in [3.63, 3.8) is 0 Å². The minimum atomic E-state index is -0.390. The zero-order chi connectivity index (χ0) is 18.8. The average Bonchev–Trinajstić information content (AvgIpc) is 3.19. The van der Waals surface area contributed by atoms with Crippen molar-refractivity contribution in [1.29, 1.82) is 0 Å². The molecule has 138 valence electrons. The Morgan fingerprint density at radius 3 is 2.78 bits per heavy atom. The normalized spacial score (nSPS) is 11.5. The van der Waals surface area contributed by atoms with Gasteiger partial charge in [-0.05, 0) is 24.7 Å². The molecule has 0 atom stereocenters. The van der Waals surface area contributed by atoms with Gasteiger partial charge in [0.2, 0.25) is 0 Å². The third-order valence-electron chi connectivity index (χ3n) is 4.34. The number of rotatable bonds is 6.